The van der Waals surface area contributed by atoms with Gasteiger partial charge >= 0.3 is 29.6 Å². The van der Waals surface area contributed by atoms with Gasteiger partial charge in [0.2, 0.25) is 0 Å². The van der Waals surface area contributed by atoms with Crippen LogP contribution < -0.4 is 0 Å². The van der Waals surface area contributed by atoms with Crippen molar-refractivity contribution in [3.05, 3.63) is 30.3 Å². The molecule has 1 heterocycles. The first-order chi connectivity index (χ1) is 5.77. The van der Waals surface area contributed by atoms with Crippen LogP contribution >= 0.6 is 11.3 Å². The first-order valence-corrected chi connectivity index (χ1v) is 5.29. The summed E-state index contributed by atoms with van der Waals surface area (Å²) in [6.07, 6.45) is 0. The average molecular weight is 222 g/mol. The van der Waals surface area contributed by atoms with E-state index in [9.17, 15) is 4.21 Å². The molecule has 0 fully saturated rings. The molecule has 1 atom stereocenters. The number of fused-ring (bicyclic) bond motifs is 1. The molecule has 0 bridgehead atoms. The molecule has 1 aromatic heterocycles. The van der Waals surface area contributed by atoms with Gasteiger partial charge in [0, 0.05) is 4.70 Å². The number of rotatable bonds is 1. The molecule has 64 valence electrons. The van der Waals surface area contributed by atoms with Crippen LogP contribution in [0.5, 0.6) is 0 Å². The first-order valence-electron chi connectivity index (χ1n) is 3.37. The van der Waals surface area contributed by atoms with Crippen LogP contribution in [0.15, 0.2) is 34.5 Å². The van der Waals surface area contributed by atoms with Crippen LogP contribution in [0.3, 0.4) is 0 Å². The molecule has 0 aliphatic carbocycles. The summed E-state index contributed by atoms with van der Waals surface area (Å²) in [6, 6.07) is 9.46. The van der Waals surface area contributed by atoms with Gasteiger partial charge in [0.25, 0.3) is 0 Å². The summed E-state index contributed by atoms with van der Waals surface area (Å²) in [4.78, 5) is 0. The molecule has 1 N–H and O–H groups in total. The fourth-order valence-electron chi connectivity index (χ4n) is 1.04. The van der Waals surface area contributed by atoms with E-state index in [1.54, 1.807) is 6.07 Å². The maximum absolute atomic E-state index is 10.7. The standard InChI is InChI=1S/C8H6O2S2.Na.H/c9-12(10)8-5-6-3-1-2-4-7(6)11-8;;/h1-5H,(H,9,10);;. The minimum atomic E-state index is -1.84. The van der Waals surface area contributed by atoms with Crippen LogP contribution in [0, 0.1) is 0 Å². The van der Waals surface area contributed by atoms with Crippen LogP contribution in [0.2, 0.25) is 0 Å². The third-order valence-corrected chi connectivity index (χ3v) is 3.63. The molecular formula is C8H7NaO2S2. The van der Waals surface area contributed by atoms with E-state index in [4.69, 9.17) is 4.55 Å². The van der Waals surface area contributed by atoms with Crippen molar-refractivity contribution in [2.75, 3.05) is 0 Å². The SMILES string of the molecule is O=S(O)c1cc2ccccc2s1.[NaH]. The first kappa shape index (κ1) is 11.4. The normalized spacial score (nSPS) is 12.4. The van der Waals surface area contributed by atoms with Gasteiger partial charge in [-0.25, -0.2) is 4.21 Å². The van der Waals surface area contributed by atoms with E-state index in [-0.39, 0.29) is 29.6 Å². The molecular weight excluding hydrogens is 215 g/mol. The monoisotopic (exact) mass is 222 g/mol. The van der Waals surface area contributed by atoms with E-state index in [2.05, 4.69) is 0 Å². The van der Waals surface area contributed by atoms with E-state index < -0.39 is 11.1 Å². The molecule has 1 unspecified atom stereocenters. The van der Waals surface area contributed by atoms with Gasteiger partial charge in [-0.05, 0) is 17.5 Å². The van der Waals surface area contributed by atoms with Gasteiger partial charge < -0.3 is 4.55 Å². The molecule has 0 aliphatic heterocycles. The third kappa shape index (κ3) is 2.40. The summed E-state index contributed by atoms with van der Waals surface area (Å²) in [6.45, 7) is 0. The number of benzene rings is 1. The molecule has 0 saturated heterocycles. The van der Waals surface area contributed by atoms with E-state index in [0.29, 0.717) is 4.21 Å². The van der Waals surface area contributed by atoms with Gasteiger partial charge in [-0.15, -0.1) is 11.3 Å². The van der Waals surface area contributed by atoms with E-state index in [1.807, 2.05) is 24.3 Å². The molecule has 0 radical (unpaired) electrons. The fraction of sp³-hybridized carbons (Fsp3) is 0. The maximum atomic E-state index is 10.7. The Morgan fingerprint density at radius 1 is 1.31 bits per heavy atom. The van der Waals surface area contributed by atoms with Gasteiger partial charge in [-0.1, -0.05) is 18.2 Å². The molecule has 0 saturated carbocycles. The molecule has 2 nitrogen and oxygen atoms in total. The second kappa shape index (κ2) is 4.68. The van der Waals surface area contributed by atoms with Crippen LogP contribution in [0.25, 0.3) is 10.1 Å². The van der Waals surface area contributed by atoms with Crippen molar-refractivity contribution in [1.82, 2.24) is 0 Å². The summed E-state index contributed by atoms with van der Waals surface area (Å²) in [5.41, 5.74) is 0. The Hall–Kier alpha value is 0.290. The molecule has 2 rings (SSSR count). The van der Waals surface area contributed by atoms with E-state index in [0.717, 1.165) is 10.1 Å². The Morgan fingerprint density at radius 2 is 2.00 bits per heavy atom. The molecule has 0 amide bonds. The summed E-state index contributed by atoms with van der Waals surface area (Å²) in [7, 11) is 0. The predicted molar refractivity (Wildman–Crippen MR) is 58.0 cm³/mol. The Kier molecular flexibility index (Phi) is 4.09. The molecule has 0 aliphatic rings. The van der Waals surface area contributed by atoms with Crippen LogP contribution in [0.1, 0.15) is 0 Å². The van der Waals surface area contributed by atoms with Crippen molar-refractivity contribution in [2.24, 2.45) is 0 Å². The number of hydrogen-bond donors (Lipinski definition) is 1. The molecule has 5 heteroatoms. The van der Waals surface area contributed by atoms with Crippen molar-refractivity contribution in [2.45, 2.75) is 4.21 Å². The molecule has 13 heavy (non-hydrogen) atoms. The van der Waals surface area contributed by atoms with E-state index in [1.165, 1.54) is 11.3 Å². The van der Waals surface area contributed by atoms with Gasteiger partial charge in [-0.2, -0.15) is 0 Å². The van der Waals surface area contributed by atoms with Gasteiger partial charge in [-0.3, -0.25) is 0 Å². The molecule has 0 spiro atoms. The quantitative estimate of drug-likeness (QED) is 0.590. The van der Waals surface area contributed by atoms with Gasteiger partial charge in [0.05, 0.1) is 0 Å². The van der Waals surface area contributed by atoms with Crippen LogP contribution in [-0.2, 0) is 11.1 Å². The summed E-state index contributed by atoms with van der Waals surface area (Å²) >= 11 is -0.488. The van der Waals surface area contributed by atoms with Crippen molar-refractivity contribution >= 4 is 62.1 Å². The summed E-state index contributed by atoms with van der Waals surface area (Å²) < 4.78 is 21.1. The third-order valence-electron chi connectivity index (χ3n) is 1.58. The Bertz CT molecular complexity index is 405. The second-order valence-electron chi connectivity index (χ2n) is 2.35. The Labute approximate surface area is 105 Å². The van der Waals surface area contributed by atoms with Crippen molar-refractivity contribution < 1.29 is 8.76 Å². The van der Waals surface area contributed by atoms with Gasteiger partial charge in [0.15, 0.2) is 11.1 Å². The Morgan fingerprint density at radius 3 is 2.62 bits per heavy atom. The number of hydrogen-bond acceptors (Lipinski definition) is 2. The Balaban J connectivity index is 0.000000845. The predicted octanol–water partition coefficient (Wildman–Crippen LogP) is 1.83. The minimum absolute atomic E-state index is 0. The zero-order valence-corrected chi connectivity index (χ0v) is 7.69. The second-order valence-corrected chi connectivity index (χ2v) is 4.63. The van der Waals surface area contributed by atoms with E-state index >= 15 is 0 Å². The zero-order valence-electron chi connectivity index (χ0n) is 6.06. The zero-order chi connectivity index (χ0) is 8.55. The van der Waals surface area contributed by atoms with Crippen molar-refractivity contribution in [3.8, 4) is 0 Å². The summed E-state index contributed by atoms with van der Waals surface area (Å²) in [5, 5.41) is 1.03. The van der Waals surface area contributed by atoms with Crippen LogP contribution in [0.4, 0.5) is 0 Å². The topological polar surface area (TPSA) is 37.3 Å². The average Bonchev–Trinajstić information content (AvgIpc) is 2.46. The van der Waals surface area contributed by atoms with Crippen molar-refractivity contribution in [3.63, 3.8) is 0 Å². The summed E-state index contributed by atoms with van der Waals surface area (Å²) in [5.74, 6) is 0. The van der Waals surface area contributed by atoms with Gasteiger partial charge in [0.1, 0.15) is 4.21 Å². The fourth-order valence-corrected chi connectivity index (χ4v) is 2.62. The molecule has 2 aromatic rings. The van der Waals surface area contributed by atoms with Crippen molar-refractivity contribution in [1.29, 1.82) is 0 Å². The molecule has 1 aromatic carbocycles. The number of thiophene rings is 1. The van der Waals surface area contributed by atoms with Crippen LogP contribution in [-0.4, -0.2) is 38.3 Å².